The summed E-state index contributed by atoms with van der Waals surface area (Å²) in [6.45, 7) is 15.4. The molecule has 0 aliphatic heterocycles. The molecule has 2 nitrogen and oxygen atoms in total. The van der Waals surface area contributed by atoms with E-state index >= 15 is 0 Å². The number of nitrogens with one attached hydrogen (secondary N) is 1. The predicted molar refractivity (Wildman–Crippen MR) is 109 cm³/mol. The molecular formula is C22H42N2. The molecule has 0 radical (unpaired) electrons. The number of unbranched alkanes of at least 4 members (excludes halogenated alkanes) is 3. The second-order valence-electron chi connectivity index (χ2n) is 6.87. The van der Waals surface area contributed by atoms with Crippen molar-refractivity contribution < 1.29 is 4.48 Å². The van der Waals surface area contributed by atoms with E-state index in [9.17, 15) is 0 Å². The molecule has 0 amide bonds. The van der Waals surface area contributed by atoms with Gasteiger partial charge in [-0.15, -0.1) is 6.54 Å². The van der Waals surface area contributed by atoms with Gasteiger partial charge in [0.1, 0.15) is 0 Å². The predicted octanol–water partition coefficient (Wildman–Crippen LogP) is 6.50. The molecule has 0 saturated carbocycles. The monoisotopic (exact) mass is 334 g/mol. The molecule has 1 N–H and O–H groups in total. The summed E-state index contributed by atoms with van der Waals surface area (Å²) in [4.78, 5) is 0. The summed E-state index contributed by atoms with van der Waals surface area (Å²) in [5.74, 6) is 0. The van der Waals surface area contributed by atoms with E-state index in [1.54, 1.807) is 0 Å². The smallest absolute Gasteiger partial charge is 0.0786 e. The summed E-state index contributed by atoms with van der Waals surface area (Å²) in [6, 6.07) is 10.1. The van der Waals surface area contributed by atoms with Crippen LogP contribution in [0, 0.1) is 0 Å². The molecule has 1 aromatic rings. The summed E-state index contributed by atoms with van der Waals surface area (Å²) < 4.78 is 1.38. The van der Waals surface area contributed by atoms with Crippen LogP contribution in [0.3, 0.4) is 0 Å². The van der Waals surface area contributed by atoms with Gasteiger partial charge in [-0.3, -0.25) is 0 Å². The van der Waals surface area contributed by atoms with Gasteiger partial charge in [0, 0.05) is 0 Å². The zero-order chi connectivity index (χ0) is 18.1. The van der Waals surface area contributed by atoms with Crippen molar-refractivity contribution in [3.8, 4) is 0 Å². The van der Waals surface area contributed by atoms with Gasteiger partial charge in [0.15, 0.2) is 0 Å². The SMILES string of the molecule is CCCC[N+](CC)(CCCC)CCCC.[NH-]CCc1ccccc1. The average Bonchev–Trinajstić information content (AvgIpc) is 2.63. The maximum absolute atomic E-state index is 6.94. The van der Waals surface area contributed by atoms with Gasteiger partial charge in [0.05, 0.1) is 26.2 Å². The van der Waals surface area contributed by atoms with E-state index in [2.05, 4.69) is 39.8 Å². The third kappa shape index (κ3) is 10.8. The highest BCUT2D eigenvalue weighted by Crippen LogP contribution is 2.14. The molecule has 0 aromatic heterocycles. The van der Waals surface area contributed by atoms with Crippen LogP contribution in [0.2, 0.25) is 0 Å². The molecule has 0 fully saturated rings. The van der Waals surface area contributed by atoms with Crippen molar-refractivity contribution >= 4 is 0 Å². The number of hydrogen-bond donors (Lipinski definition) is 0. The Kier molecular flexibility index (Phi) is 15.1. The van der Waals surface area contributed by atoms with Crippen LogP contribution in [0.5, 0.6) is 0 Å². The Balaban J connectivity index is 0.000000496. The highest BCUT2D eigenvalue weighted by Gasteiger charge is 2.22. The normalized spacial score (nSPS) is 11.0. The molecule has 0 aliphatic rings. The van der Waals surface area contributed by atoms with Gasteiger partial charge in [0.2, 0.25) is 0 Å². The topological polar surface area (TPSA) is 23.8 Å². The summed E-state index contributed by atoms with van der Waals surface area (Å²) in [5, 5.41) is 0. The molecule has 0 spiro atoms. The Morgan fingerprint density at radius 2 is 1.21 bits per heavy atom. The first-order valence-electron chi connectivity index (χ1n) is 10.2. The fourth-order valence-corrected chi connectivity index (χ4v) is 3.08. The average molecular weight is 335 g/mol. The summed E-state index contributed by atoms with van der Waals surface area (Å²) >= 11 is 0. The van der Waals surface area contributed by atoms with E-state index in [0.717, 1.165) is 6.42 Å². The molecular weight excluding hydrogens is 292 g/mol. The Morgan fingerprint density at radius 3 is 1.54 bits per heavy atom. The molecule has 0 saturated heterocycles. The summed E-state index contributed by atoms with van der Waals surface area (Å²) in [7, 11) is 0. The van der Waals surface area contributed by atoms with Crippen molar-refractivity contribution in [3.63, 3.8) is 0 Å². The van der Waals surface area contributed by atoms with Crippen molar-refractivity contribution in [1.82, 2.24) is 0 Å². The van der Waals surface area contributed by atoms with E-state index in [-0.39, 0.29) is 0 Å². The van der Waals surface area contributed by atoms with Gasteiger partial charge < -0.3 is 10.2 Å². The van der Waals surface area contributed by atoms with Crippen LogP contribution in [0.15, 0.2) is 30.3 Å². The molecule has 0 atom stereocenters. The maximum Gasteiger partial charge on any atom is 0.0786 e. The number of quaternary nitrogens is 1. The second-order valence-corrected chi connectivity index (χ2v) is 6.87. The van der Waals surface area contributed by atoms with E-state index in [0.29, 0.717) is 6.54 Å². The third-order valence-corrected chi connectivity index (χ3v) is 4.89. The fourth-order valence-electron chi connectivity index (χ4n) is 3.08. The lowest BCUT2D eigenvalue weighted by Crippen LogP contribution is -2.49. The molecule has 0 bridgehead atoms. The number of rotatable bonds is 12. The zero-order valence-electron chi connectivity index (χ0n) is 16.8. The van der Waals surface area contributed by atoms with E-state index < -0.39 is 0 Å². The standard InChI is InChI=1S/C14H32N.C8H10N/c1-5-9-12-15(8-4,13-10-6-2)14-11-7-3;9-7-6-8-4-2-1-3-5-8/h5-14H2,1-4H3;1-5,9H,6-7H2/q+1;-1. The largest absolute Gasteiger partial charge is 0.677 e. The quantitative estimate of drug-likeness (QED) is 0.389. The van der Waals surface area contributed by atoms with Crippen molar-refractivity contribution in [1.29, 1.82) is 0 Å². The highest BCUT2D eigenvalue weighted by molar-refractivity contribution is 5.15. The minimum atomic E-state index is 0.490. The lowest BCUT2D eigenvalue weighted by molar-refractivity contribution is -0.927. The number of hydrogen-bond acceptors (Lipinski definition) is 0. The minimum absolute atomic E-state index is 0.490. The summed E-state index contributed by atoms with van der Waals surface area (Å²) in [6.07, 6.45) is 9.12. The van der Waals surface area contributed by atoms with Gasteiger partial charge in [-0.25, -0.2) is 0 Å². The van der Waals surface area contributed by atoms with Gasteiger partial charge in [0.25, 0.3) is 0 Å². The maximum atomic E-state index is 6.94. The lowest BCUT2D eigenvalue weighted by atomic mass is 10.1. The van der Waals surface area contributed by atoms with E-state index in [4.69, 9.17) is 5.73 Å². The van der Waals surface area contributed by atoms with E-state index in [1.807, 2.05) is 18.2 Å². The first kappa shape index (κ1) is 23.1. The Hall–Kier alpha value is -0.860. The van der Waals surface area contributed by atoms with Crippen LogP contribution in [-0.2, 0) is 6.42 Å². The Labute approximate surface area is 152 Å². The van der Waals surface area contributed by atoms with Gasteiger partial charge in [-0.1, -0.05) is 70.4 Å². The second kappa shape index (κ2) is 15.7. The van der Waals surface area contributed by atoms with Gasteiger partial charge in [-0.2, -0.15) is 0 Å². The first-order chi connectivity index (χ1) is 11.7. The number of benzene rings is 1. The number of nitrogens with zero attached hydrogens (tertiary/aromatic N) is 1. The van der Waals surface area contributed by atoms with Crippen LogP contribution >= 0.6 is 0 Å². The highest BCUT2D eigenvalue weighted by atomic mass is 15.3. The first-order valence-corrected chi connectivity index (χ1v) is 10.2. The molecule has 1 rings (SSSR count). The molecule has 24 heavy (non-hydrogen) atoms. The Bertz CT molecular complexity index is 340. The van der Waals surface area contributed by atoms with Crippen LogP contribution < -0.4 is 0 Å². The van der Waals surface area contributed by atoms with Crippen LogP contribution in [0.1, 0.15) is 71.8 Å². The minimum Gasteiger partial charge on any atom is -0.677 e. The van der Waals surface area contributed by atoms with Crippen LogP contribution in [0.4, 0.5) is 0 Å². The molecule has 1 aromatic carbocycles. The van der Waals surface area contributed by atoms with Crippen LogP contribution in [-0.4, -0.2) is 37.2 Å². The summed E-state index contributed by atoms with van der Waals surface area (Å²) in [5.41, 5.74) is 8.20. The van der Waals surface area contributed by atoms with Gasteiger partial charge >= 0.3 is 0 Å². The van der Waals surface area contributed by atoms with E-state index in [1.165, 1.54) is 74.8 Å². The lowest BCUT2D eigenvalue weighted by Gasteiger charge is -2.38. The Morgan fingerprint density at radius 1 is 0.750 bits per heavy atom. The van der Waals surface area contributed by atoms with Crippen LogP contribution in [0.25, 0.3) is 5.73 Å². The molecule has 140 valence electrons. The van der Waals surface area contributed by atoms with Crippen molar-refractivity contribution in [2.75, 3.05) is 32.7 Å². The van der Waals surface area contributed by atoms with Crippen molar-refractivity contribution in [2.24, 2.45) is 0 Å². The zero-order valence-corrected chi connectivity index (χ0v) is 16.8. The molecule has 0 heterocycles. The molecule has 0 aliphatic carbocycles. The fraction of sp³-hybridized carbons (Fsp3) is 0.727. The van der Waals surface area contributed by atoms with Gasteiger partial charge in [-0.05, 0) is 38.2 Å². The third-order valence-electron chi connectivity index (χ3n) is 4.89. The molecule has 2 heteroatoms. The van der Waals surface area contributed by atoms with Crippen molar-refractivity contribution in [2.45, 2.75) is 72.6 Å². The molecule has 0 unspecified atom stereocenters. The van der Waals surface area contributed by atoms with Crippen molar-refractivity contribution in [3.05, 3.63) is 41.6 Å².